The fraction of sp³-hybridized carbons (Fsp3) is 0.538. The molecule has 0 aromatic carbocycles. The van der Waals surface area contributed by atoms with Crippen LogP contribution < -0.4 is 0 Å². The van der Waals surface area contributed by atoms with E-state index in [1.54, 1.807) is 6.20 Å². The highest BCUT2D eigenvalue weighted by Gasteiger charge is 2.11. The molecule has 1 atom stereocenters. The highest BCUT2D eigenvalue weighted by Crippen LogP contribution is 2.29. The first-order valence-corrected chi connectivity index (χ1v) is 6.59. The van der Waals surface area contributed by atoms with E-state index in [4.69, 9.17) is 0 Å². The van der Waals surface area contributed by atoms with Gasteiger partial charge in [0, 0.05) is 17.4 Å². The van der Waals surface area contributed by atoms with Gasteiger partial charge < -0.3 is 0 Å². The number of carbonyl (C=O) groups excluding carboxylic acids is 1. The summed E-state index contributed by atoms with van der Waals surface area (Å²) in [5, 5.41) is 0. The Morgan fingerprint density at radius 1 is 1.44 bits per heavy atom. The average molecular weight is 284 g/mol. The number of rotatable bonds is 5. The number of ketones is 1. The molecule has 0 aliphatic rings. The lowest BCUT2D eigenvalue weighted by molar-refractivity contribution is 0.0983. The molecule has 0 saturated carbocycles. The van der Waals surface area contributed by atoms with E-state index in [-0.39, 0.29) is 5.78 Å². The minimum Gasteiger partial charge on any atom is -0.292 e. The van der Waals surface area contributed by atoms with Crippen LogP contribution in [0.4, 0.5) is 0 Å². The fourth-order valence-corrected chi connectivity index (χ4v) is 2.51. The van der Waals surface area contributed by atoms with Gasteiger partial charge in [0.2, 0.25) is 0 Å². The maximum Gasteiger partial charge on any atom is 0.180 e. The summed E-state index contributed by atoms with van der Waals surface area (Å²) in [6, 6.07) is 3.80. The predicted molar refractivity (Wildman–Crippen MR) is 70.0 cm³/mol. The molecular formula is C13H18BrNO. The van der Waals surface area contributed by atoms with Crippen molar-refractivity contribution in [2.45, 2.75) is 38.4 Å². The van der Waals surface area contributed by atoms with E-state index in [0.717, 1.165) is 12.0 Å². The molecular weight excluding hydrogens is 266 g/mol. The molecule has 16 heavy (non-hydrogen) atoms. The Morgan fingerprint density at radius 2 is 2.12 bits per heavy atom. The molecule has 3 heteroatoms. The number of Topliss-reactive ketones (excluding diaryl/α,β-unsaturated/α-hetero) is 1. The van der Waals surface area contributed by atoms with Gasteiger partial charge in [0.1, 0.15) is 5.69 Å². The maximum atomic E-state index is 11.4. The van der Waals surface area contributed by atoms with Crippen LogP contribution in [0.5, 0.6) is 0 Å². The van der Waals surface area contributed by atoms with Crippen LogP contribution in [0.25, 0.3) is 0 Å². The summed E-state index contributed by atoms with van der Waals surface area (Å²) in [5.41, 5.74) is 1.71. The SMILES string of the molecule is CCC(=O)c1ccc(C(Br)CC(C)C)cn1. The molecule has 0 aliphatic carbocycles. The molecule has 1 heterocycles. The van der Waals surface area contributed by atoms with Crippen molar-refractivity contribution in [2.75, 3.05) is 0 Å². The van der Waals surface area contributed by atoms with E-state index in [1.807, 2.05) is 19.1 Å². The molecule has 1 aromatic rings. The van der Waals surface area contributed by atoms with E-state index >= 15 is 0 Å². The molecule has 0 saturated heterocycles. The Morgan fingerprint density at radius 3 is 2.56 bits per heavy atom. The topological polar surface area (TPSA) is 30.0 Å². The largest absolute Gasteiger partial charge is 0.292 e. The summed E-state index contributed by atoms with van der Waals surface area (Å²) in [6.07, 6.45) is 3.38. The third-order valence-electron chi connectivity index (χ3n) is 2.43. The minimum atomic E-state index is 0.0986. The van der Waals surface area contributed by atoms with Gasteiger partial charge in [-0.25, -0.2) is 0 Å². The number of hydrogen-bond donors (Lipinski definition) is 0. The predicted octanol–water partition coefficient (Wildman–Crippen LogP) is 4.16. The first-order chi connectivity index (χ1) is 7.54. The summed E-state index contributed by atoms with van der Waals surface area (Å²) in [5.74, 6) is 0.739. The Bertz CT molecular complexity index is 345. The number of halogens is 1. The van der Waals surface area contributed by atoms with Gasteiger partial charge in [0.15, 0.2) is 5.78 Å². The van der Waals surface area contributed by atoms with E-state index in [0.29, 0.717) is 22.9 Å². The summed E-state index contributed by atoms with van der Waals surface area (Å²) in [6.45, 7) is 6.23. The minimum absolute atomic E-state index is 0.0986. The van der Waals surface area contributed by atoms with Crippen molar-refractivity contribution in [2.24, 2.45) is 5.92 Å². The van der Waals surface area contributed by atoms with Crippen molar-refractivity contribution in [3.63, 3.8) is 0 Å². The molecule has 0 amide bonds. The molecule has 0 spiro atoms. The first kappa shape index (κ1) is 13.4. The molecule has 0 bridgehead atoms. The number of nitrogens with zero attached hydrogens (tertiary/aromatic N) is 1. The Balaban J connectivity index is 2.74. The number of hydrogen-bond acceptors (Lipinski definition) is 2. The van der Waals surface area contributed by atoms with Crippen LogP contribution in [0.15, 0.2) is 18.3 Å². The highest BCUT2D eigenvalue weighted by atomic mass is 79.9. The van der Waals surface area contributed by atoms with Gasteiger partial charge in [-0.2, -0.15) is 0 Å². The number of aromatic nitrogens is 1. The van der Waals surface area contributed by atoms with Crippen molar-refractivity contribution < 1.29 is 4.79 Å². The molecule has 2 nitrogen and oxygen atoms in total. The lowest BCUT2D eigenvalue weighted by atomic mass is 10.0. The monoisotopic (exact) mass is 283 g/mol. The van der Waals surface area contributed by atoms with Crippen LogP contribution in [-0.2, 0) is 0 Å². The van der Waals surface area contributed by atoms with Crippen LogP contribution in [0.3, 0.4) is 0 Å². The van der Waals surface area contributed by atoms with Crippen LogP contribution >= 0.6 is 15.9 Å². The zero-order chi connectivity index (χ0) is 12.1. The molecule has 1 rings (SSSR count). The summed E-state index contributed by atoms with van der Waals surface area (Å²) >= 11 is 3.64. The molecule has 0 fully saturated rings. The smallest absolute Gasteiger partial charge is 0.180 e. The zero-order valence-electron chi connectivity index (χ0n) is 10.0. The normalized spacial score (nSPS) is 12.8. The summed E-state index contributed by atoms with van der Waals surface area (Å²) in [4.78, 5) is 15.9. The van der Waals surface area contributed by atoms with Gasteiger partial charge in [-0.15, -0.1) is 0 Å². The van der Waals surface area contributed by atoms with Crippen molar-refractivity contribution in [3.8, 4) is 0 Å². The number of pyridine rings is 1. The second-order valence-electron chi connectivity index (χ2n) is 4.35. The van der Waals surface area contributed by atoms with Crippen molar-refractivity contribution in [1.29, 1.82) is 0 Å². The molecule has 1 aromatic heterocycles. The van der Waals surface area contributed by atoms with Gasteiger partial charge >= 0.3 is 0 Å². The van der Waals surface area contributed by atoms with Crippen LogP contribution in [0.2, 0.25) is 0 Å². The van der Waals surface area contributed by atoms with Crippen molar-refractivity contribution in [1.82, 2.24) is 4.98 Å². The molecule has 88 valence electrons. The van der Waals surface area contributed by atoms with E-state index in [2.05, 4.69) is 34.8 Å². The second kappa shape index (κ2) is 6.14. The quantitative estimate of drug-likeness (QED) is 0.600. The lowest BCUT2D eigenvalue weighted by Crippen LogP contribution is -2.02. The van der Waals surface area contributed by atoms with Gasteiger partial charge in [-0.05, 0) is 24.0 Å². The second-order valence-corrected chi connectivity index (χ2v) is 5.46. The van der Waals surface area contributed by atoms with Gasteiger partial charge in [-0.3, -0.25) is 9.78 Å². The van der Waals surface area contributed by atoms with Crippen molar-refractivity contribution >= 4 is 21.7 Å². The van der Waals surface area contributed by atoms with Crippen LogP contribution in [0, 0.1) is 5.92 Å². The number of alkyl halides is 1. The Labute approximate surface area is 106 Å². The first-order valence-electron chi connectivity index (χ1n) is 5.67. The standard InChI is InChI=1S/C13H18BrNO/c1-4-13(16)12-6-5-10(8-15-12)11(14)7-9(2)3/h5-6,8-9,11H,4,7H2,1-3H3. The van der Waals surface area contributed by atoms with Crippen LogP contribution in [0.1, 0.15) is 54.5 Å². The van der Waals surface area contributed by atoms with Gasteiger partial charge in [0.25, 0.3) is 0 Å². The fourth-order valence-electron chi connectivity index (χ4n) is 1.49. The van der Waals surface area contributed by atoms with E-state index < -0.39 is 0 Å². The van der Waals surface area contributed by atoms with E-state index in [9.17, 15) is 4.79 Å². The highest BCUT2D eigenvalue weighted by molar-refractivity contribution is 9.09. The molecule has 0 N–H and O–H groups in total. The lowest BCUT2D eigenvalue weighted by Gasteiger charge is -2.12. The van der Waals surface area contributed by atoms with Gasteiger partial charge in [-0.1, -0.05) is 42.8 Å². The molecule has 0 radical (unpaired) electrons. The maximum absolute atomic E-state index is 11.4. The summed E-state index contributed by atoms with van der Waals surface area (Å²) < 4.78 is 0. The van der Waals surface area contributed by atoms with Crippen LogP contribution in [-0.4, -0.2) is 10.8 Å². The third-order valence-corrected chi connectivity index (χ3v) is 3.34. The summed E-state index contributed by atoms with van der Waals surface area (Å²) in [7, 11) is 0. The number of carbonyl (C=O) groups is 1. The molecule has 1 unspecified atom stereocenters. The Kier molecular flexibility index (Phi) is 5.13. The Hall–Kier alpha value is -0.700. The molecule has 0 aliphatic heterocycles. The van der Waals surface area contributed by atoms with E-state index in [1.165, 1.54) is 0 Å². The van der Waals surface area contributed by atoms with Crippen molar-refractivity contribution in [3.05, 3.63) is 29.6 Å². The van der Waals surface area contributed by atoms with Gasteiger partial charge in [0.05, 0.1) is 0 Å². The average Bonchev–Trinajstić information content (AvgIpc) is 2.27. The zero-order valence-corrected chi connectivity index (χ0v) is 11.6. The third kappa shape index (κ3) is 3.71.